The molecule has 15 heavy (non-hydrogen) atoms. The minimum absolute atomic E-state index is 0.103. The number of ether oxygens (including phenoxy) is 1. The van der Waals surface area contributed by atoms with Gasteiger partial charge in [0.15, 0.2) is 11.0 Å². The van der Waals surface area contributed by atoms with E-state index in [4.69, 9.17) is 4.74 Å². The number of carbonyl (C=O) groups excluding carboxylic acids is 1. The van der Waals surface area contributed by atoms with Gasteiger partial charge in [0, 0.05) is 0 Å². The van der Waals surface area contributed by atoms with Crippen molar-refractivity contribution in [3.63, 3.8) is 0 Å². The normalized spacial score (nSPS) is 18.5. The van der Waals surface area contributed by atoms with Crippen LogP contribution in [0.1, 0.15) is 17.3 Å². The smallest absolute Gasteiger partial charge is 0.268 e. The number of phenols is 1. The number of rotatable bonds is 2. The van der Waals surface area contributed by atoms with Crippen molar-refractivity contribution in [3.05, 3.63) is 17.7 Å². The Hall–Kier alpha value is -1.56. The molecular formula is C9H9NO4S. The Balaban J connectivity index is 2.64. The Kier molecular flexibility index (Phi) is 2.36. The molecule has 0 aliphatic carbocycles. The van der Waals surface area contributed by atoms with Crippen LogP contribution >= 0.6 is 0 Å². The first-order chi connectivity index (χ1) is 7.15. The molecule has 2 N–H and O–H groups in total. The van der Waals surface area contributed by atoms with Crippen molar-refractivity contribution in [2.45, 2.75) is 11.8 Å². The zero-order valence-electron chi connectivity index (χ0n) is 7.94. The van der Waals surface area contributed by atoms with E-state index in [-0.39, 0.29) is 16.2 Å². The zero-order chi connectivity index (χ0) is 11.0. The van der Waals surface area contributed by atoms with Gasteiger partial charge in [-0.3, -0.25) is 9.52 Å². The summed E-state index contributed by atoms with van der Waals surface area (Å²) in [5.41, 5.74) is 0.162. The van der Waals surface area contributed by atoms with Gasteiger partial charge in [-0.05, 0) is 19.1 Å². The maximum absolute atomic E-state index is 11.4. The second kappa shape index (κ2) is 3.54. The summed E-state index contributed by atoms with van der Waals surface area (Å²) < 4.78 is 18.8. The van der Waals surface area contributed by atoms with Crippen molar-refractivity contribution in [1.29, 1.82) is 0 Å². The van der Waals surface area contributed by atoms with Crippen LogP contribution < -0.4 is 9.46 Å². The van der Waals surface area contributed by atoms with Crippen LogP contribution in [0.15, 0.2) is 17.0 Å². The van der Waals surface area contributed by atoms with Gasteiger partial charge in [-0.15, -0.1) is 0 Å². The Morgan fingerprint density at radius 3 is 2.93 bits per heavy atom. The summed E-state index contributed by atoms with van der Waals surface area (Å²) in [7, 11) is -1.68. The number of carbonyl (C=O) groups is 1. The van der Waals surface area contributed by atoms with Crippen LogP contribution in [0, 0.1) is 0 Å². The van der Waals surface area contributed by atoms with E-state index in [1.54, 1.807) is 6.92 Å². The Morgan fingerprint density at radius 1 is 1.53 bits per heavy atom. The van der Waals surface area contributed by atoms with E-state index >= 15 is 0 Å². The number of amides is 1. The average molecular weight is 227 g/mol. The van der Waals surface area contributed by atoms with Gasteiger partial charge in [-0.25, -0.2) is 4.21 Å². The molecule has 0 fully saturated rings. The molecule has 1 aliphatic rings. The molecule has 1 heterocycles. The first kappa shape index (κ1) is 9.97. The highest BCUT2D eigenvalue weighted by atomic mass is 32.2. The SMILES string of the molecule is CCOc1ccc(O)c2c1C(=O)NS2=O. The van der Waals surface area contributed by atoms with Gasteiger partial charge in [-0.2, -0.15) is 0 Å². The van der Waals surface area contributed by atoms with Crippen molar-refractivity contribution in [1.82, 2.24) is 4.72 Å². The van der Waals surface area contributed by atoms with E-state index in [0.29, 0.717) is 12.4 Å². The van der Waals surface area contributed by atoms with Crippen LogP contribution in [0.4, 0.5) is 0 Å². The monoisotopic (exact) mass is 227 g/mol. The average Bonchev–Trinajstić information content (AvgIpc) is 2.48. The van der Waals surface area contributed by atoms with Crippen molar-refractivity contribution in [3.8, 4) is 11.5 Å². The van der Waals surface area contributed by atoms with Crippen LogP contribution in [0.5, 0.6) is 11.5 Å². The number of fused-ring (bicyclic) bond motifs is 1. The molecule has 6 heteroatoms. The number of phenolic OH excluding ortho intramolecular Hbond substituents is 1. The molecule has 1 aromatic carbocycles. The van der Waals surface area contributed by atoms with Crippen molar-refractivity contribution < 1.29 is 18.8 Å². The minimum atomic E-state index is -1.68. The molecule has 0 saturated carbocycles. The number of nitrogens with one attached hydrogen (secondary N) is 1. The van der Waals surface area contributed by atoms with Gasteiger partial charge in [0.05, 0.1) is 6.61 Å². The lowest BCUT2D eigenvalue weighted by Crippen LogP contribution is -2.16. The molecule has 0 radical (unpaired) electrons. The standard InChI is InChI=1S/C9H9NO4S/c1-2-14-6-4-3-5(11)8-7(6)9(12)10-15(8)13/h3-4,11H,2H2,1H3,(H,10,12). The highest BCUT2D eigenvalue weighted by Crippen LogP contribution is 2.35. The molecule has 0 aromatic heterocycles. The van der Waals surface area contributed by atoms with Gasteiger partial charge in [-0.1, -0.05) is 0 Å². The fourth-order valence-corrected chi connectivity index (χ4v) is 2.43. The molecular weight excluding hydrogens is 218 g/mol. The molecule has 5 nitrogen and oxygen atoms in total. The van der Waals surface area contributed by atoms with Crippen molar-refractivity contribution in [2.75, 3.05) is 6.61 Å². The number of hydrogen-bond acceptors (Lipinski definition) is 4. The lowest BCUT2D eigenvalue weighted by molar-refractivity contribution is 0.0981. The molecule has 0 bridgehead atoms. The summed E-state index contributed by atoms with van der Waals surface area (Å²) in [6, 6.07) is 2.85. The molecule has 1 atom stereocenters. The third kappa shape index (κ3) is 1.46. The summed E-state index contributed by atoms with van der Waals surface area (Å²) in [5.74, 6) is -0.304. The Labute approximate surface area is 88.6 Å². The fourth-order valence-electron chi connectivity index (χ4n) is 1.42. The predicted octanol–water partition coefficient (Wildman–Crippen LogP) is 0.557. The molecule has 0 spiro atoms. The molecule has 1 aliphatic heterocycles. The van der Waals surface area contributed by atoms with Crippen molar-refractivity contribution in [2.24, 2.45) is 0 Å². The second-order valence-corrected chi connectivity index (χ2v) is 4.07. The second-order valence-electron chi connectivity index (χ2n) is 2.92. The van der Waals surface area contributed by atoms with Gasteiger partial charge < -0.3 is 9.84 Å². The molecule has 80 valence electrons. The third-order valence-corrected chi connectivity index (χ3v) is 3.15. The van der Waals surface area contributed by atoms with Gasteiger partial charge >= 0.3 is 0 Å². The maximum atomic E-state index is 11.4. The highest BCUT2D eigenvalue weighted by Gasteiger charge is 2.32. The highest BCUT2D eigenvalue weighted by molar-refractivity contribution is 7.84. The van der Waals surface area contributed by atoms with Gasteiger partial charge in [0.2, 0.25) is 0 Å². The van der Waals surface area contributed by atoms with Crippen LogP contribution in [0.3, 0.4) is 0 Å². The van der Waals surface area contributed by atoms with E-state index in [9.17, 15) is 14.1 Å². The van der Waals surface area contributed by atoms with Crippen LogP contribution in [-0.4, -0.2) is 21.8 Å². The third-order valence-electron chi connectivity index (χ3n) is 2.00. The molecule has 0 saturated heterocycles. The summed E-state index contributed by atoms with van der Waals surface area (Å²) in [6.45, 7) is 2.18. The predicted molar refractivity (Wildman–Crippen MR) is 53.2 cm³/mol. The topological polar surface area (TPSA) is 75.6 Å². The summed E-state index contributed by atoms with van der Waals surface area (Å²) in [5, 5.41) is 9.47. The number of hydrogen-bond donors (Lipinski definition) is 2. The molecule has 2 rings (SSSR count). The van der Waals surface area contributed by atoms with Gasteiger partial charge in [0.25, 0.3) is 5.91 Å². The van der Waals surface area contributed by atoms with E-state index in [1.165, 1.54) is 12.1 Å². The Morgan fingerprint density at radius 2 is 2.27 bits per heavy atom. The van der Waals surface area contributed by atoms with E-state index in [0.717, 1.165) is 0 Å². The van der Waals surface area contributed by atoms with E-state index < -0.39 is 16.9 Å². The van der Waals surface area contributed by atoms with Crippen LogP contribution in [0.25, 0.3) is 0 Å². The fraction of sp³-hybridized carbons (Fsp3) is 0.222. The lowest BCUT2D eigenvalue weighted by Gasteiger charge is -2.06. The van der Waals surface area contributed by atoms with Crippen LogP contribution in [-0.2, 0) is 11.0 Å². The summed E-state index contributed by atoms with van der Waals surface area (Å²) in [6.07, 6.45) is 0. The minimum Gasteiger partial charge on any atom is -0.507 e. The molecule has 1 aromatic rings. The quantitative estimate of drug-likeness (QED) is 0.774. The van der Waals surface area contributed by atoms with E-state index in [2.05, 4.69) is 4.72 Å². The van der Waals surface area contributed by atoms with E-state index in [1.807, 2.05) is 0 Å². The van der Waals surface area contributed by atoms with Gasteiger partial charge in [0.1, 0.15) is 22.0 Å². The first-order valence-corrected chi connectivity index (χ1v) is 5.51. The Bertz CT molecular complexity index is 458. The molecule has 1 amide bonds. The van der Waals surface area contributed by atoms with Crippen LogP contribution in [0.2, 0.25) is 0 Å². The largest absolute Gasteiger partial charge is 0.507 e. The lowest BCUT2D eigenvalue weighted by atomic mass is 10.2. The number of aromatic hydroxyl groups is 1. The zero-order valence-corrected chi connectivity index (χ0v) is 8.76. The van der Waals surface area contributed by atoms with Crippen molar-refractivity contribution >= 4 is 16.9 Å². The maximum Gasteiger partial charge on any atom is 0.268 e. The first-order valence-electron chi connectivity index (χ1n) is 4.36. The summed E-state index contributed by atoms with van der Waals surface area (Å²) >= 11 is 0. The number of benzene rings is 1. The summed E-state index contributed by atoms with van der Waals surface area (Å²) in [4.78, 5) is 11.5. The molecule has 1 unspecified atom stereocenters.